The number of imidazole rings is 1. The molecule has 3 nitrogen and oxygen atoms in total. The van der Waals surface area contributed by atoms with Gasteiger partial charge in [-0.15, -0.1) is 0 Å². The molecule has 0 saturated heterocycles. The van der Waals surface area contributed by atoms with Crippen LogP contribution in [0.1, 0.15) is 38.2 Å². The number of halogens is 1. The average Bonchev–Trinajstić information content (AvgIpc) is 2.90. The fourth-order valence-corrected chi connectivity index (χ4v) is 2.90. The number of pyridine rings is 1. The molecule has 0 amide bonds. The van der Waals surface area contributed by atoms with E-state index in [-0.39, 0.29) is 5.82 Å². The maximum atomic E-state index is 13.1. The van der Waals surface area contributed by atoms with Crippen LogP contribution < -0.4 is 5.73 Å². The highest BCUT2D eigenvalue weighted by Crippen LogP contribution is 2.28. The van der Waals surface area contributed by atoms with Crippen LogP contribution in [0, 0.1) is 5.82 Å². The Labute approximate surface area is 136 Å². The van der Waals surface area contributed by atoms with Crippen LogP contribution in [-0.4, -0.2) is 9.38 Å². The molecular weight excluding hydrogens is 289 g/mol. The normalized spacial score (nSPS) is 11.2. The van der Waals surface area contributed by atoms with Gasteiger partial charge in [0.05, 0.1) is 0 Å². The molecule has 3 rings (SSSR count). The number of hydrogen-bond acceptors (Lipinski definition) is 2. The molecule has 0 radical (unpaired) electrons. The molecule has 2 heterocycles. The number of aromatic nitrogens is 2. The molecule has 0 bridgehead atoms. The Balaban J connectivity index is 1.95. The maximum Gasteiger partial charge on any atom is 0.142 e. The highest BCUT2D eigenvalue weighted by atomic mass is 19.1. The van der Waals surface area contributed by atoms with Gasteiger partial charge in [0.2, 0.25) is 0 Å². The monoisotopic (exact) mass is 311 g/mol. The number of anilines is 1. The van der Waals surface area contributed by atoms with Crippen molar-refractivity contribution in [2.75, 3.05) is 5.73 Å². The minimum absolute atomic E-state index is 0.257. The molecule has 4 heteroatoms. The summed E-state index contributed by atoms with van der Waals surface area (Å²) in [6.07, 6.45) is 7.82. The second-order valence-corrected chi connectivity index (χ2v) is 5.89. The van der Waals surface area contributed by atoms with E-state index in [9.17, 15) is 4.39 Å². The van der Waals surface area contributed by atoms with Gasteiger partial charge >= 0.3 is 0 Å². The van der Waals surface area contributed by atoms with Gasteiger partial charge < -0.3 is 5.73 Å². The molecule has 0 aliphatic rings. The number of nitrogens with zero attached hydrogens (tertiary/aromatic N) is 2. The Bertz CT molecular complexity index is 790. The summed E-state index contributed by atoms with van der Waals surface area (Å²) in [7, 11) is 0. The van der Waals surface area contributed by atoms with Crippen LogP contribution in [-0.2, 0) is 6.42 Å². The summed E-state index contributed by atoms with van der Waals surface area (Å²) in [5, 5.41) is 0. The minimum Gasteiger partial charge on any atom is -0.383 e. The molecule has 0 saturated carbocycles. The van der Waals surface area contributed by atoms with E-state index < -0.39 is 0 Å². The van der Waals surface area contributed by atoms with Crippen molar-refractivity contribution in [1.82, 2.24) is 9.38 Å². The van der Waals surface area contributed by atoms with E-state index in [2.05, 4.69) is 13.0 Å². The fourth-order valence-electron chi connectivity index (χ4n) is 2.90. The molecule has 2 aromatic heterocycles. The molecule has 1 aromatic carbocycles. The van der Waals surface area contributed by atoms with Crippen molar-refractivity contribution in [2.24, 2.45) is 0 Å². The zero-order valence-corrected chi connectivity index (χ0v) is 13.4. The summed E-state index contributed by atoms with van der Waals surface area (Å²) in [5.74, 6) is 0.342. The third kappa shape index (κ3) is 3.21. The van der Waals surface area contributed by atoms with Crippen molar-refractivity contribution in [1.29, 1.82) is 0 Å². The van der Waals surface area contributed by atoms with Crippen LogP contribution in [0.15, 0.2) is 42.6 Å². The van der Waals surface area contributed by atoms with Gasteiger partial charge in [-0.05, 0) is 48.7 Å². The SMILES string of the molecule is CCCCCCc1cccn2c(N)c(-c3ccc(F)cc3)nc12. The van der Waals surface area contributed by atoms with Crippen LogP contribution in [0.4, 0.5) is 10.2 Å². The van der Waals surface area contributed by atoms with E-state index in [1.165, 1.54) is 37.0 Å². The maximum absolute atomic E-state index is 13.1. The fraction of sp³-hybridized carbons (Fsp3) is 0.316. The Hall–Kier alpha value is -2.36. The zero-order valence-electron chi connectivity index (χ0n) is 13.4. The van der Waals surface area contributed by atoms with Crippen molar-refractivity contribution < 1.29 is 4.39 Å². The lowest BCUT2D eigenvalue weighted by molar-refractivity contribution is 0.628. The number of nitrogen functional groups attached to an aromatic ring is 1. The topological polar surface area (TPSA) is 43.3 Å². The van der Waals surface area contributed by atoms with E-state index in [0.717, 1.165) is 24.1 Å². The number of aryl methyl sites for hydroxylation is 1. The molecule has 0 aliphatic heterocycles. The second kappa shape index (κ2) is 6.82. The van der Waals surface area contributed by atoms with Crippen molar-refractivity contribution in [2.45, 2.75) is 39.0 Å². The van der Waals surface area contributed by atoms with E-state index in [4.69, 9.17) is 10.7 Å². The van der Waals surface area contributed by atoms with Crippen molar-refractivity contribution in [3.63, 3.8) is 0 Å². The van der Waals surface area contributed by atoms with Gasteiger partial charge in [-0.1, -0.05) is 32.3 Å². The molecule has 3 aromatic rings. The molecule has 0 aliphatic carbocycles. The van der Waals surface area contributed by atoms with Gasteiger partial charge in [0, 0.05) is 11.8 Å². The van der Waals surface area contributed by atoms with Crippen LogP contribution >= 0.6 is 0 Å². The Morgan fingerprint density at radius 2 is 1.87 bits per heavy atom. The first-order chi connectivity index (χ1) is 11.2. The Kier molecular flexibility index (Phi) is 4.60. The second-order valence-electron chi connectivity index (χ2n) is 5.89. The summed E-state index contributed by atoms with van der Waals surface area (Å²) in [6, 6.07) is 10.4. The number of unbranched alkanes of at least 4 members (excludes halogenated alkanes) is 3. The van der Waals surface area contributed by atoms with Crippen LogP contribution in [0.5, 0.6) is 0 Å². The third-order valence-corrected chi connectivity index (χ3v) is 4.19. The molecule has 0 fully saturated rings. The molecule has 120 valence electrons. The summed E-state index contributed by atoms with van der Waals surface area (Å²) >= 11 is 0. The molecule has 0 spiro atoms. The van der Waals surface area contributed by atoms with Gasteiger partial charge in [0.25, 0.3) is 0 Å². The number of benzene rings is 1. The molecule has 0 unspecified atom stereocenters. The number of fused-ring (bicyclic) bond motifs is 1. The summed E-state index contributed by atoms with van der Waals surface area (Å²) in [4.78, 5) is 4.73. The first kappa shape index (κ1) is 15.5. The standard InChI is InChI=1S/C19H22FN3/c1-2-3-4-5-7-15-8-6-13-23-18(21)17(22-19(15)23)14-9-11-16(20)12-10-14/h6,8-13H,2-5,7,21H2,1H3. The third-order valence-electron chi connectivity index (χ3n) is 4.19. The largest absolute Gasteiger partial charge is 0.383 e. The minimum atomic E-state index is -0.257. The molecular formula is C19H22FN3. The van der Waals surface area contributed by atoms with E-state index in [1.54, 1.807) is 12.1 Å². The van der Waals surface area contributed by atoms with E-state index >= 15 is 0 Å². The van der Waals surface area contributed by atoms with Gasteiger partial charge in [0.15, 0.2) is 0 Å². The molecule has 2 N–H and O–H groups in total. The van der Waals surface area contributed by atoms with Crippen molar-refractivity contribution >= 4 is 11.5 Å². The highest BCUT2D eigenvalue weighted by Gasteiger charge is 2.13. The average molecular weight is 311 g/mol. The molecule has 0 atom stereocenters. The smallest absolute Gasteiger partial charge is 0.142 e. The quantitative estimate of drug-likeness (QED) is 0.662. The Morgan fingerprint density at radius 3 is 2.61 bits per heavy atom. The summed E-state index contributed by atoms with van der Waals surface area (Å²) in [6.45, 7) is 2.21. The van der Waals surface area contributed by atoms with Gasteiger partial charge in [-0.3, -0.25) is 4.40 Å². The first-order valence-electron chi connectivity index (χ1n) is 8.22. The number of hydrogen-bond donors (Lipinski definition) is 1. The van der Waals surface area contributed by atoms with E-state index in [1.807, 2.05) is 16.7 Å². The van der Waals surface area contributed by atoms with Crippen LogP contribution in [0.3, 0.4) is 0 Å². The Morgan fingerprint density at radius 1 is 1.09 bits per heavy atom. The van der Waals surface area contributed by atoms with Crippen LogP contribution in [0.25, 0.3) is 16.9 Å². The predicted molar refractivity (Wildman–Crippen MR) is 92.8 cm³/mol. The van der Waals surface area contributed by atoms with Crippen molar-refractivity contribution in [3.8, 4) is 11.3 Å². The first-order valence-corrected chi connectivity index (χ1v) is 8.22. The lowest BCUT2D eigenvalue weighted by atomic mass is 10.1. The van der Waals surface area contributed by atoms with Gasteiger partial charge in [-0.2, -0.15) is 0 Å². The summed E-state index contributed by atoms with van der Waals surface area (Å²) in [5.41, 5.74) is 9.93. The lowest BCUT2D eigenvalue weighted by Gasteiger charge is -2.04. The van der Waals surface area contributed by atoms with Gasteiger partial charge in [0.1, 0.15) is 23.0 Å². The number of nitrogens with two attached hydrogens (primary N) is 1. The van der Waals surface area contributed by atoms with Crippen LogP contribution in [0.2, 0.25) is 0 Å². The van der Waals surface area contributed by atoms with Gasteiger partial charge in [-0.25, -0.2) is 9.37 Å². The highest BCUT2D eigenvalue weighted by molar-refractivity contribution is 5.75. The predicted octanol–water partition coefficient (Wildman–Crippen LogP) is 4.85. The molecule has 23 heavy (non-hydrogen) atoms. The summed E-state index contributed by atoms with van der Waals surface area (Å²) < 4.78 is 15.0. The van der Waals surface area contributed by atoms with E-state index in [0.29, 0.717) is 11.5 Å². The number of rotatable bonds is 6. The lowest BCUT2D eigenvalue weighted by Crippen LogP contribution is -1.96. The van der Waals surface area contributed by atoms with Crippen molar-refractivity contribution in [3.05, 3.63) is 54.0 Å². The zero-order chi connectivity index (χ0) is 16.2.